The molecular weight excluding hydrogens is 256 g/mol. The van der Waals surface area contributed by atoms with Gasteiger partial charge >= 0.3 is 0 Å². The van der Waals surface area contributed by atoms with Crippen LogP contribution in [0.2, 0.25) is 0 Å². The van der Waals surface area contributed by atoms with E-state index in [0.717, 1.165) is 24.2 Å². The Morgan fingerprint density at radius 2 is 1.48 bits per heavy atom. The highest BCUT2D eigenvalue weighted by Crippen LogP contribution is 2.20. The number of anilines is 1. The molecular formula is C19H18N2. The predicted molar refractivity (Wildman–Crippen MR) is 88.3 cm³/mol. The minimum Gasteiger partial charge on any atom is -0.383 e. The van der Waals surface area contributed by atoms with E-state index in [0.29, 0.717) is 0 Å². The molecule has 0 radical (unpaired) electrons. The van der Waals surface area contributed by atoms with Gasteiger partial charge in [-0.15, -0.1) is 0 Å². The topological polar surface area (TPSA) is 24.9 Å². The Hall–Kier alpha value is -2.61. The second-order valence-electron chi connectivity index (χ2n) is 4.99. The normalized spacial score (nSPS) is 10.3. The van der Waals surface area contributed by atoms with E-state index in [2.05, 4.69) is 52.8 Å². The zero-order valence-electron chi connectivity index (χ0n) is 11.9. The SMILES string of the molecule is c1ccc(CCNc2cncc(-c3ccccc3)c2)cc1. The maximum Gasteiger partial charge on any atom is 0.0533 e. The van der Waals surface area contributed by atoms with Gasteiger partial charge < -0.3 is 5.32 Å². The first-order valence-corrected chi connectivity index (χ1v) is 7.20. The largest absolute Gasteiger partial charge is 0.383 e. The molecule has 0 saturated carbocycles. The molecule has 3 aromatic rings. The lowest BCUT2D eigenvalue weighted by Gasteiger charge is -2.08. The average molecular weight is 274 g/mol. The van der Waals surface area contributed by atoms with Gasteiger partial charge in [0.2, 0.25) is 0 Å². The van der Waals surface area contributed by atoms with Gasteiger partial charge in [0.05, 0.1) is 5.69 Å². The molecule has 2 nitrogen and oxygen atoms in total. The van der Waals surface area contributed by atoms with Gasteiger partial charge in [-0.25, -0.2) is 0 Å². The first-order valence-electron chi connectivity index (χ1n) is 7.20. The van der Waals surface area contributed by atoms with Crippen molar-refractivity contribution in [2.45, 2.75) is 6.42 Å². The number of aromatic nitrogens is 1. The van der Waals surface area contributed by atoms with Crippen molar-refractivity contribution < 1.29 is 0 Å². The number of pyridine rings is 1. The number of hydrogen-bond donors (Lipinski definition) is 1. The van der Waals surface area contributed by atoms with Crippen molar-refractivity contribution in [1.29, 1.82) is 0 Å². The lowest BCUT2D eigenvalue weighted by atomic mass is 10.1. The Balaban J connectivity index is 1.64. The molecule has 0 aliphatic heterocycles. The summed E-state index contributed by atoms with van der Waals surface area (Å²) in [5.41, 5.74) is 4.74. The molecule has 2 aromatic carbocycles. The highest BCUT2D eigenvalue weighted by atomic mass is 14.9. The summed E-state index contributed by atoms with van der Waals surface area (Å²) in [7, 11) is 0. The van der Waals surface area contributed by atoms with Gasteiger partial charge in [0, 0.05) is 24.5 Å². The summed E-state index contributed by atoms with van der Waals surface area (Å²) in [6.45, 7) is 0.907. The van der Waals surface area contributed by atoms with E-state index in [1.807, 2.05) is 36.7 Å². The van der Waals surface area contributed by atoms with Gasteiger partial charge in [0.25, 0.3) is 0 Å². The molecule has 0 fully saturated rings. The van der Waals surface area contributed by atoms with Crippen LogP contribution in [0.5, 0.6) is 0 Å². The Labute approximate surface area is 125 Å². The third-order valence-electron chi connectivity index (χ3n) is 3.43. The van der Waals surface area contributed by atoms with E-state index in [9.17, 15) is 0 Å². The summed E-state index contributed by atoms with van der Waals surface area (Å²) in [6, 6.07) is 23.0. The molecule has 0 aliphatic carbocycles. The Morgan fingerprint density at radius 1 is 0.762 bits per heavy atom. The third-order valence-corrected chi connectivity index (χ3v) is 3.43. The molecule has 21 heavy (non-hydrogen) atoms. The van der Waals surface area contributed by atoms with Crippen LogP contribution in [0, 0.1) is 0 Å². The van der Waals surface area contributed by atoms with Crippen LogP contribution in [-0.4, -0.2) is 11.5 Å². The highest BCUT2D eigenvalue weighted by Gasteiger charge is 1.99. The van der Waals surface area contributed by atoms with Crippen molar-refractivity contribution in [3.63, 3.8) is 0 Å². The summed E-state index contributed by atoms with van der Waals surface area (Å²) in [4.78, 5) is 4.32. The first-order chi connectivity index (χ1) is 10.4. The molecule has 0 aliphatic rings. The number of benzene rings is 2. The van der Waals surface area contributed by atoms with E-state index in [-0.39, 0.29) is 0 Å². The second-order valence-corrected chi connectivity index (χ2v) is 4.99. The number of hydrogen-bond acceptors (Lipinski definition) is 2. The lowest BCUT2D eigenvalue weighted by Crippen LogP contribution is -2.05. The van der Waals surface area contributed by atoms with Gasteiger partial charge in [-0.2, -0.15) is 0 Å². The average Bonchev–Trinajstić information content (AvgIpc) is 2.57. The van der Waals surface area contributed by atoms with Gasteiger partial charge in [0.15, 0.2) is 0 Å². The maximum atomic E-state index is 4.32. The molecule has 3 rings (SSSR count). The van der Waals surface area contributed by atoms with Crippen molar-refractivity contribution in [3.05, 3.63) is 84.7 Å². The molecule has 1 heterocycles. The summed E-state index contributed by atoms with van der Waals surface area (Å²) >= 11 is 0. The molecule has 0 saturated heterocycles. The fourth-order valence-electron chi connectivity index (χ4n) is 2.32. The molecule has 0 spiro atoms. The number of nitrogens with one attached hydrogen (secondary N) is 1. The molecule has 104 valence electrons. The van der Waals surface area contributed by atoms with Gasteiger partial charge in [-0.1, -0.05) is 60.7 Å². The van der Waals surface area contributed by atoms with E-state index < -0.39 is 0 Å². The molecule has 0 unspecified atom stereocenters. The van der Waals surface area contributed by atoms with E-state index in [1.165, 1.54) is 11.1 Å². The van der Waals surface area contributed by atoms with Crippen LogP contribution in [0.3, 0.4) is 0 Å². The van der Waals surface area contributed by atoms with Crippen LogP contribution in [-0.2, 0) is 6.42 Å². The summed E-state index contributed by atoms with van der Waals surface area (Å²) < 4.78 is 0. The first kappa shape index (κ1) is 13.4. The van der Waals surface area contributed by atoms with Gasteiger partial charge in [0.1, 0.15) is 0 Å². The zero-order chi connectivity index (χ0) is 14.3. The molecule has 0 atom stereocenters. The zero-order valence-corrected chi connectivity index (χ0v) is 11.9. The van der Waals surface area contributed by atoms with Crippen molar-refractivity contribution in [2.75, 3.05) is 11.9 Å². The quantitative estimate of drug-likeness (QED) is 0.745. The highest BCUT2D eigenvalue weighted by molar-refractivity contribution is 5.66. The van der Waals surface area contributed by atoms with Crippen LogP contribution >= 0.6 is 0 Å². The molecule has 2 heteroatoms. The summed E-state index contributed by atoms with van der Waals surface area (Å²) in [5, 5.41) is 3.44. The van der Waals surface area contributed by atoms with Crippen LogP contribution in [0.1, 0.15) is 5.56 Å². The van der Waals surface area contributed by atoms with Gasteiger partial charge in [-0.05, 0) is 23.6 Å². The van der Waals surface area contributed by atoms with Crippen LogP contribution in [0.4, 0.5) is 5.69 Å². The van der Waals surface area contributed by atoms with Crippen molar-refractivity contribution >= 4 is 5.69 Å². The van der Waals surface area contributed by atoms with E-state index in [1.54, 1.807) is 0 Å². The minimum absolute atomic E-state index is 0.907. The fraction of sp³-hybridized carbons (Fsp3) is 0.105. The van der Waals surface area contributed by atoms with Crippen molar-refractivity contribution in [2.24, 2.45) is 0 Å². The number of rotatable bonds is 5. The van der Waals surface area contributed by atoms with Crippen LogP contribution in [0.15, 0.2) is 79.1 Å². The second kappa shape index (κ2) is 6.71. The third kappa shape index (κ3) is 3.69. The molecule has 1 N–H and O–H groups in total. The Kier molecular flexibility index (Phi) is 4.27. The monoisotopic (exact) mass is 274 g/mol. The van der Waals surface area contributed by atoms with E-state index in [4.69, 9.17) is 0 Å². The number of nitrogens with zero attached hydrogens (tertiary/aromatic N) is 1. The van der Waals surface area contributed by atoms with Crippen LogP contribution < -0.4 is 5.32 Å². The van der Waals surface area contributed by atoms with Crippen LogP contribution in [0.25, 0.3) is 11.1 Å². The van der Waals surface area contributed by atoms with Crippen molar-refractivity contribution in [3.8, 4) is 11.1 Å². The van der Waals surface area contributed by atoms with Gasteiger partial charge in [-0.3, -0.25) is 4.98 Å². The van der Waals surface area contributed by atoms with E-state index >= 15 is 0 Å². The fourth-order valence-corrected chi connectivity index (χ4v) is 2.32. The smallest absolute Gasteiger partial charge is 0.0533 e. The van der Waals surface area contributed by atoms with Crippen molar-refractivity contribution in [1.82, 2.24) is 4.98 Å². The molecule has 0 bridgehead atoms. The lowest BCUT2D eigenvalue weighted by molar-refractivity contribution is 1.02. The molecule has 1 aromatic heterocycles. The maximum absolute atomic E-state index is 4.32. The minimum atomic E-state index is 0.907. The molecule has 0 amide bonds. The summed E-state index contributed by atoms with van der Waals surface area (Å²) in [5.74, 6) is 0. The standard InChI is InChI=1S/C19H18N2/c1-3-7-16(8-4-1)11-12-21-19-13-18(14-20-15-19)17-9-5-2-6-10-17/h1-10,13-15,21H,11-12H2. The Morgan fingerprint density at radius 3 is 2.24 bits per heavy atom. The Bertz CT molecular complexity index is 678. The predicted octanol–water partition coefficient (Wildman–Crippen LogP) is 4.40. The summed E-state index contributed by atoms with van der Waals surface area (Å²) in [6.07, 6.45) is 4.78.